The van der Waals surface area contributed by atoms with Gasteiger partial charge in [-0.15, -0.1) is 0 Å². The topological polar surface area (TPSA) is 53.6 Å². The Morgan fingerprint density at radius 3 is 3.23 bits per heavy atom. The second-order valence-electron chi connectivity index (χ2n) is 3.25. The first-order valence-electron chi connectivity index (χ1n) is 4.67. The van der Waals surface area contributed by atoms with Crippen molar-refractivity contribution in [3.05, 3.63) is 6.33 Å². The third-order valence-corrected chi connectivity index (χ3v) is 3.27. The lowest BCUT2D eigenvalue weighted by molar-refractivity contribution is 0.429. The lowest BCUT2D eigenvalue weighted by Gasteiger charge is -2.22. The molecule has 13 heavy (non-hydrogen) atoms. The molecule has 1 fully saturated rings. The van der Waals surface area contributed by atoms with Crippen LogP contribution in [0.25, 0.3) is 0 Å². The van der Waals surface area contributed by atoms with Gasteiger partial charge in [-0.2, -0.15) is 5.10 Å². The second kappa shape index (κ2) is 4.62. The maximum absolute atomic E-state index is 4.07. The molecule has 1 aromatic rings. The highest BCUT2D eigenvalue weighted by Gasteiger charge is 2.12. The molecule has 0 aromatic carbocycles. The predicted molar refractivity (Wildman–Crippen MR) is 52.7 cm³/mol. The van der Waals surface area contributed by atoms with Gasteiger partial charge in [0.1, 0.15) is 6.33 Å². The molecule has 72 valence electrons. The summed E-state index contributed by atoms with van der Waals surface area (Å²) in [4.78, 5) is 4.07. The number of aromatic amines is 1. The van der Waals surface area contributed by atoms with Crippen molar-refractivity contribution in [3.8, 4) is 0 Å². The fourth-order valence-corrected chi connectivity index (χ4v) is 2.39. The molecule has 2 rings (SSSR count). The summed E-state index contributed by atoms with van der Waals surface area (Å²) in [5, 5.41) is 11.1. The van der Waals surface area contributed by atoms with Gasteiger partial charge in [-0.1, -0.05) is 18.2 Å². The van der Waals surface area contributed by atoms with Crippen LogP contribution in [-0.4, -0.2) is 33.5 Å². The van der Waals surface area contributed by atoms with E-state index in [4.69, 9.17) is 0 Å². The Hall–Kier alpha value is -0.550. The van der Waals surface area contributed by atoms with Crippen molar-refractivity contribution in [2.24, 2.45) is 0 Å². The first-order valence-corrected chi connectivity index (χ1v) is 5.65. The highest BCUT2D eigenvalue weighted by atomic mass is 32.2. The van der Waals surface area contributed by atoms with E-state index in [0.29, 0.717) is 6.04 Å². The summed E-state index contributed by atoms with van der Waals surface area (Å²) >= 11 is 1.74. The number of nitrogens with zero attached hydrogens (tertiary/aromatic N) is 2. The molecule has 1 aliphatic rings. The van der Waals surface area contributed by atoms with E-state index in [-0.39, 0.29) is 0 Å². The standard InChI is InChI=1S/C8H14N4S/c1-2-4-9-7(3-1)5-13-8-10-6-11-12-8/h6-7,9H,1-5H2,(H,10,11,12). The Labute approximate surface area is 81.9 Å². The van der Waals surface area contributed by atoms with Gasteiger partial charge in [-0.25, -0.2) is 4.98 Å². The van der Waals surface area contributed by atoms with Crippen LogP contribution < -0.4 is 5.32 Å². The van der Waals surface area contributed by atoms with Crippen molar-refractivity contribution in [1.82, 2.24) is 20.5 Å². The molecule has 2 heterocycles. The molecule has 1 aliphatic heterocycles. The Morgan fingerprint density at radius 1 is 1.54 bits per heavy atom. The molecule has 0 bridgehead atoms. The average Bonchev–Trinajstić information content (AvgIpc) is 2.69. The maximum Gasteiger partial charge on any atom is 0.183 e. The zero-order valence-electron chi connectivity index (χ0n) is 7.49. The van der Waals surface area contributed by atoms with Gasteiger partial charge in [0.15, 0.2) is 5.16 Å². The summed E-state index contributed by atoms with van der Waals surface area (Å²) in [6.45, 7) is 1.17. The largest absolute Gasteiger partial charge is 0.313 e. The molecule has 0 aliphatic carbocycles. The zero-order valence-corrected chi connectivity index (χ0v) is 8.31. The normalized spacial score (nSPS) is 23.2. The van der Waals surface area contributed by atoms with Gasteiger partial charge in [0.25, 0.3) is 0 Å². The third-order valence-electron chi connectivity index (χ3n) is 2.23. The Morgan fingerprint density at radius 2 is 2.54 bits per heavy atom. The third kappa shape index (κ3) is 2.70. The van der Waals surface area contributed by atoms with Gasteiger partial charge in [0, 0.05) is 11.8 Å². The summed E-state index contributed by atoms with van der Waals surface area (Å²) in [5.74, 6) is 1.09. The minimum absolute atomic E-state index is 0.656. The van der Waals surface area contributed by atoms with Crippen LogP contribution in [0, 0.1) is 0 Å². The van der Waals surface area contributed by atoms with Crippen LogP contribution in [0.3, 0.4) is 0 Å². The Bertz CT molecular complexity index is 230. The molecular weight excluding hydrogens is 184 g/mol. The number of hydrogen-bond donors (Lipinski definition) is 2. The minimum atomic E-state index is 0.656. The number of nitrogens with one attached hydrogen (secondary N) is 2. The van der Waals surface area contributed by atoms with Crippen molar-refractivity contribution in [3.63, 3.8) is 0 Å². The molecule has 1 saturated heterocycles. The van der Waals surface area contributed by atoms with Crippen molar-refractivity contribution in [1.29, 1.82) is 0 Å². The molecule has 1 atom stereocenters. The van der Waals surface area contributed by atoms with Gasteiger partial charge in [0.2, 0.25) is 0 Å². The Balaban J connectivity index is 1.72. The summed E-state index contributed by atoms with van der Waals surface area (Å²) < 4.78 is 0. The summed E-state index contributed by atoms with van der Waals surface area (Å²) in [7, 11) is 0. The second-order valence-corrected chi connectivity index (χ2v) is 4.26. The maximum atomic E-state index is 4.07. The summed E-state index contributed by atoms with van der Waals surface area (Å²) in [6, 6.07) is 0.656. The number of thioether (sulfide) groups is 1. The first kappa shape index (κ1) is 9.02. The van der Waals surface area contributed by atoms with Crippen LogP contribution in [0.15, 0.2) is 11.5 Å². The van der Waals surface area contributed by atoms with Crippen molar-refractivity contribution in [2.45, 2.75) is 30.5 Å². The van der Waals surface area contributed by atoms with E-state index < -0.39 is 0 Å². The molecule has 0 amide bonds. The SMILES string of the molecule is c1n[nH]c(SCC2CCCCN2)n1. The fraction of sp³-hybridized carbons (Fsp3) is 0.750. The van der Waals surface area contributed by atoms with Gasteiger partial charge < -0.3 is 5.32 Å². The monoisotopic (exact) mass is 198 g/mol. The van der Waals surface area contributed by atoms with E-state index in [1.807, 2.05) is 0 Å². The molecule has 4 nitrogen and oxygen atoms in total. The molecule has 1 unspecified atom stereocenters. The van der Waals surface area contributed by atoms with Gasteiger partial charge in [0.05, 0.1) is 0 Å². The summed E-state index contributed by atoms with van der Waals surface area (Å²) in [5.41, 5.74) is 0. The Kier molecular flexibility index (Phi) is 3.21. The number of piperidine rings is 1. The fourth-order valence-electron chi connectivity index (χ4n) is 1.51. The highest BCUT2D eigenvalue weighted by molar-refractivity contribution is 7.99. The van der Waals surface area contributed by atoms with E-state index >= 15 is 0 Å². The smallest absolute Gasteiger partial charge is 0.183 e. The lowest BCUT2D eigenvalue weighted by atomic mass is 10.1. The molecule has 0 saturated carbocycles. The number of H-pyrrole nitrogens is 1. The highest BCUT2D eigenvalue weighted by Crippen LogP contribution is 2.16. The van der Waals surface area contributed by atoms with Gasteiger partial charge in [-0.05, 0) is 19.4 Å². The van der Waals surface area contributed by atoms with Crippen molar-refractivity contribution in [2.75, 3.05) is 12.3 Å². The van der Waals surface area contributed by atoms with Crippen LogP contribution in [-0.2, 0) is 0 Å². The van der Waals surface area contributed by atoms with E-state index in [1.165, 1.54) is 25.8 Å². The van der Waals surface area contributed by atoms with Crippen LogP contribution in [0.4, 0.5) is 0 Å². The molecule has 1 aromatic heterocycles. The van der Waals surface area contributed by atoms with E-state index in [9.17, 15) is 0 Å². The predicted octanol–water partition coefficient (Wildman–Crippen LogP) is 1.04. The number of rotatable bonds is 3. The number of hydrogen-bond acceptors (Lipinski definition) is 4. The molecule has 5 heteroatoms. The van der Waals surface area contributed by atoms with Crippen LogP contribution in [0.5, 0.6) is 0 Å². The molecular formula is C8H14N4S. The minimum Gasteiger partial charge on any atom is -0.313 e. The van der Waals surface area contributed by atoms with Gasteiger partial charge in [-0.3, -0.25) is 5.10 Å². The first-order chi connectivity index (χ1) is 6.45. The average molecular weight is 198 g/mol. The van der Waals surface area contributed by atoms with Crippen LogP contribution >= 0.6 is 11.8 Å². The molecule has 0 spiro atoms. The van der Waals surface area contributed by atoms with Crippen molar-refractivity contribution < 1.29 is 0 Å². The van der Waals surface area contributed by atoms with E-state index in [0.717, 1.165) is 10.9 Å². The molecule has 0 radical (unpaired) electrons. The molecule has 2 N–H and O–H groups in total. The summed E-state index contributed by atoms with van der Waals surface area (Å²) in [6.07, 6.45) is 5.52. The van der Waals surface area contributed by atoms with E-state index in [2.05, 4.69) is 20.5 Å². The zero-order chi connectivity index (χ0) is 8.93. The van der Waals surface area contributed by atoms with Crippen LogP contribution in [0.1, 0.15) is 19.3 Å². The quantitative estimate of drug-likeness (QED) is 0.713. The van der Waals surface area contributed by atoms with Crippen LogP contribution in [0.2, 0.25) is 0 Å². The van der Waals surface area contributed by atoms with Gasteiger partial charge >= 0.3 is 0 Å². The van der Waals surface area contributed by atoms with E-state index in [1.54, 1.807) is 18.1 Å². The number of aromatic nitrogens is 3. The van der Waals surface area contributed by atoms with Crippen molar-refractivity contribution >= 4 is 11.8 Å². The lowest BCUT2D eigenvalue weighted by Crippen LogP contribution is -2.35.